The Kier molecular flexibility index (Phi) is 7.91. The van der Waals surface area contributed by atoms with E-state index in [4.69, 9.17) is 19.4 Å². The maximum absolute atomic E-state index is 13.7. The summed E-state index contributed by atoms with van der Waals surface area (Å²) in [5.41, 5.74) is 0.712. The number of nitrogens with one attached hydrogen (secondary N) is 1. The summed E-state index contributed by atoms with van der Waals surface area (Å²) in [6.07, 6.45) is 3.14. The summed E-state index contributed by atoms with van der Waals surface area (Å²) in [7, 11) is 1.63. The smallest absolute Gasteiger partial charge is 0.251 e. The molecule has 0 atom stereocenters. The number of rotatable bonds is 10. The maximum atomic E-state index is 13.7. The molecule has 1 aromatic heterocycles. The number of alkyl halides is 2. The first-order valence-corrected chi connectivity index (χ1v) is 12.5. The Labute approximate surface area is 200 Å². The molecular weight excluding hydrogens is 440 g/mol. The Morgan fingerprint density at radius 3 is 2.47 bits per heavy atom. The zero-order valence-electron chi connectivity index (χ0n) is 20.6. The molecule has 2 aliphatic rings. The van der Waals surface area contributed by atoms with Gasteiger partial charge in [0, 0.05) is 50.5 Å². The number of ether oxygens (including phenoxy) is 2. The summed E-state index contributed by atoms with van der Waals surface area (Å²) in [6.45, 7) is 9.43. The van der Waals surface area contributed by atoms with Crippen molar-refractivity contribution < 1.29 is 18.3 Å². The van der Waals surface area contributed by atoms with Gasteiger partial charge in [0.2, 0.25) is 5.95 Å². The van der Waals surface area contributed by atoms with E-state index in [2.05, 4.69) is 24.1 Å². The van der Waals surface area contributed by atoms with Gasteiger partial charge in [0.1, 0.15) is 5.82 Å². The van der Waals surface area contributed by atoms with Crippen LogP contribution in [0.25, 0.3) is 10.9 Å². The third-order valence-electron chi connectivity index (χ3n) is 6.50. The van der Waals surface area contributed by atoms with Crippen molar-refractivity contribution in [3.8, 4) is 11.5 Å². The molecule has 2 saturated heterocycles. The second-order valence-electron chi connectivity index (χ2n) is 9.76. The molecule has 4 rings (SSSR count). The Bertz CT molecular complexity index is 956. The molecule has 0 spiro atoms. The van der Waals surface area contributed by atoms with Crippen LogP contribution >= 0.6 is 0 Å². The molecular formula is C25H37F2N5O2. The number of benzene rings is 1. The van der Waals surface area contributed by atoms with E-state index in [0.29, 0.717) is 41.3 Å². The number of fused-ring (bicyclic) bond motifs is 1. The minimum absolute atomic E-state index is 0.183. The van der Waals surface area contributed by atoms with Crippen LogP contribution in [0.3, 0.4) is 0 Å². The highest BCUT2D eigenvalue weighted by atomic mass is 19.3. The van der Waals surface area contributed by atoms with Crippen molar-refractivity contribution in [3.63, 3.8) is 0 Å². The Morgan fingerprint density at radius 2 is 1.79 bits per heavy atom. The van der Waals surface area contributed by atoms with Crippen LogP contribution in [0.5, 0.6) is 11.5 Å². The maximum Gasteiger partial charge on any atom is 0.251 e. The summed E-state index contributed by atoms with van der Waals surface area (Å²) >= 11 is 0. The predicted molar refractivity (Wildman–Crippen MR) is 132 cm³/mol. The number of aromatic nitrogens is 2. The molecule has 2 aliphatic heterocycles. The zero-order valence-corrected chi connectivity index (χ0v) is 20.6. The lowest BCUT2D eigenvalue weighted by Crippen LogP contribution is -2.40. The molecule has 188 valence electrons. The number of hydrogen-bond acceptors (Lipinski definition) is 7. The second-order valence-corrected chi connectivity index (χ2v) is 9.76. The van der Waals surface area contributed by atoms with Crippen molar-refractivity contribution in [1.29, 1.82) is 0 Å². The molecule has 7 nitrogen and oxygen atoms in total. The van der Waals surface area contributed by atoms with Gasteiger partial charge in [-0.2, -0.15) is 4.98 Å². The molecule has 2 fully saturated rings. The Morgan fingerprint density at radius 1 is 1.06 bits per heavy atom. The molecule has 0 aliphatic carbocycles. The fourth-order valence-corrected chi connectivity index (χ4v) is 4.48. The van der Waals surface area contributed by atoms with Gasteiger partial charge in [-0.25, -0.2) is 13.8 Å². The van der Waals surface area contributed by atoms with Crippen LogP contribution in [-0.4, -0.2) is 73.8 Å². The van der Waals surface area contributed by atoms with Crippen molar-refractivity contribution in [1.82, 2.24) is 14.9 Å². The number of anilines is 2. The van der Waals surface area contributed by atoms with Crippen LogP contribution in [0, 0.1) is 5.92 Å². The van der Waals surface area contributed by atoms with E-state index in [1.165, 1.54) is 25.9 Å². The molecule has 2 aromatic rings. The first-order valence-electron chi connectivity index (χ1n) is 12.5. The SMILES string of the molecule is COc1cc2c(NCC(C)C)nc(N3CCC(F)(F)CC3)nc2cc1OCCCN1CCCC1. The summed E-state index contributed by atoms with van der Waals surface area (Å²) in [5.74, 6) is 0.234. The number of hydrogen-bond donors (Lipinski definition) is 1. The average molecular weight is 478 g/mol. The van der Waals surface area contributed by atoms with Gasteiger partial charge in [-0.15, -0.1) is 0 Å². The van der Waals surface area contributed by atoms with E-state index in [9.17, 15) is 8.78 Å². The summed E-state index contributed by atoms with van der Waals surface area (Å²) in [5, 5.41) is 4.24. The van der Waals surface area contributed by atoms with Crippen molar-refractivity contribution in [2.75, 3.05) is 63.2 Å². The molecule has 34 heavy (non-hydrogen) atoms. The standard InChI is InChI=1S/C25H37F2N5O2/c1-18(2)17-28-23-19-15-21(33-3)22(34-14-6-11-31-9-4-5-10-31)16-20(19)29-24(30-23)32-12-7-25(26,27)8-13-32/h15-16,18H,4-14,17H2,1-3H3,(H,28,29,30). The van der Waals surface area contributed by atoms with Gasteiger partial charge >= 0.3 is 0 Å². The molecule has 0 unspecified atom stereocenters. The van der Waals surface area contributed by atoms with E-state index in [-0.39, 0.29) is 25.9 Å². The molecule has 0 saturated carbocycles. The Hall–Kier alpha value is -2.42. The third-order valence-corrected chi connectivity index (χ3v) is 6.50. The topological polar surface area (TPSA) is 62.8 Å². The summed E-state index contributed by atoms with van der Waals surface area (Å²) < 4.78 is 39.1. The van der Waals surface area contributed by atoms with Crippen molar-refractivity contribution >= 4 is 22.7 Å². The molecule has 0 radical (unpaired) electrons. The molecule has 0 bridgehead atoms. The summed E-state index contributed by atoms with van der Waals surface area (Å²) in [6, 6.07) is 3.79. The summed E-state index contributed by atoms with van der Waals surface area (Å²) in [4.78, 5) is 13.8. The highest BCUT2D eigenvalue weighted by Crippen LogP contribution is 2.36. The van der Waals surface area contributed by atoms with Gasteiger partial charge in [-0.05, 0) is 44.3 Å². The van der Waals surface area contributed by atoms with Crippen LogP contribution in [0.4, 0.5) is 20.5 Å². The van der Waals surface area contributed by atoms with Gasteiger partial charge < -0.3 is 24.6 Å². The van der Waals surface area contributed by atoms with Crippen molar-refractivity contribution in [2.45, 2.75) is 51.9 Å². The van der Waals surface area contributed by atoms with E-state index >= 15 is 0 Å². The fraction of sp³-hybridized carbons (Fsp3) is 0.680. The number of nitrogens with zero attached hydrogens (tertiary/aromatic N) is 4. The van der Waals surface area contributed by atoms with Crippen LogP contribution in [0.2, 0.25) is 0 Å². The van der Waals surface area contributed by atoms with Crippen LogP contribution in [0.1, 0.15) is 46.0 Å². The quantitative estimate of drug-likeness (QED) is 0.493. The molecule has 9 heteroatoms. The van der Waals surface area contributed by atoms with E-state index in [1.807, 2.05) is 17.0 Å². The number of likely N-dealkylation sites (tertiary alicyclic amines) is 1. The van der Waals surface area contributed by atoms with Crippen LogP contribution < -0.4 is 19.7 Å². The minimum Gasteiger partial charge on any atom is -0.493 e. The van der Waals surface area contributed by atoms with Crippen molar-refractivity contribution in [2.24, 2.45) is 5.92 Å². The van der Waals surface area contributed by atoms with E-state index < -0.39 is 5.92 Å². The lowest BCUT2D eigenvalue weighted by molar-refractivity contribution is -0.0222. The van der Waals surface area contributed by atoms with Crippen molar-refractivity contribution in [3.05, 3.63) is 12.1 Å². The van der Waals surface area contributed by atoms with Crippen LogP contribution in [-0.2, 0) is 0 Å². The highest BCUT2D eigenvalue weighted by Gasteiger charge is 2.35. The fourth-order valence-electron chi connectivity index (χ4n) is 4.48. The van der Waals surface area contributed by atoms with Gasteiger partial charge in [-0.1, -0.05) is 13.8 Å². The molecule has 0 amide bonds. The van der Waals surface area contributed by atoms with E-state index in [1.54, 1.807) is 7.11 Å². The molecule has 1 N–H and O–H groups in total. The molecule has 3 heterocycles. The molecule has 1 aromatic carbocycles. The normalized spacial score (nSPS) is 18.6. The van der Waals surface area contributed by atoms with Gasteiger partial charge in [0.15, 0.2) is 11.5 Å². The largest absolute Gasteiger partial charge is 0.493 e. The third kappa shape index (κ3) is 6.17. The number of halogens is 2. The first kappa shape index (κ1) is 24.7. The minimum atomic E-state index is -2.62. The lowest BCUT2D eigenvalue weighted by atomic mass is 10.1. The van der Waals surface area contributed by atoms with Gasteiger partial charge in [0.25, 0.3) is 5.92 Å². The second kappa shape index (κ2) is 10.9. The van der Waals surface area contributed by atoms with Gasteiger partial charge in [-0.3, -0.25) is 0 Å². The number of piperidine rings is 1. The average Bonchev–Trinajstić information content (AvgIpc) is 3.33. The van der Waals surface area contributed by atoms with Gasteiger partial charge in [0.05, 0.1) is 19.2 Å². The zero-order chi connectivity index (χ0) is 24.1. The first-order chi connectivity index (χ1) is 16.3. The van der Waals surface area contributed by atoms with E-state index in [0.717, 1.165) is 24.9 Å². The highest BCUT2D eigenvalue weighted by molar-refractivity contribution is 5.92. The predicted octanol–water partition coefficient (Wildman–Crippen LogP) is 4.81. The van der Waals surface area contributed by atoms with Crippen LogP contribution in [0.15, 0.2) is 12.1 Å². The Balaban J connectivity index is 1.58. The number of methoxy groups -OCH3 is 1. The lowest BCUT2D eigenvalue weighted by Gasteiger charge is -2.32. The monoisotopic (exact) mass is 477 g/mol.